The zero-order valence-electron chi connectivity index (χ0n) is 7.64. The Hall–Kier alpha value is -1.08. The van der Waals surface area contributed by atoms with E-state index >= 15 is 0 Å². The number of ether oxygens (including phenoxy) is 2. The van der Waals surface area contributed by atoms with Crippen molar-refractivity contribution in [2.45, 2.75) is 33.0 Å². The Morgan fingerprint density at radius 2 is 1.73 bits per heavy atom. The van der Waals surface area contributed by atoms with Gasteiger partial charge in [-0.05, 0) is 13.8 Å². The van der Waals surface area contributed by atoms with Crippen molar-refractivity contribution in [2.24, 2.45) is 0 Å². The Bertz CT molecular complexity index is 105. The minimum absolute atomic E-state index is 0. The summed E-state index contributed by atoms with van der Waals surface area (Å²) < 4.78 is 10.8. The second kappa shape index (κ2) is 3.35. The maximum absolute atomic E-state index is 5.41. The van der Waals surface area contributed by atoms with E-state index in [2.05, 4.69) is 6.92 Å². The Morgan fingerprint density at radius 1 is 1.27 bits per heavy atom. The van der Waals surface area contributed by atoms with Gasteiger partial charge in [0, 0.05) is 0 Å². The molecule has 1 fully saturated rings. The molecule has 0 saturated carbocycles. The first-order chi connectivity index (χ1) is 4.64. The second-order valence-electron chi connectivity index (χ2n) is 3.08. The second-order valence-corrected chi connectivity index (χ2v) is 3.08. The van der Waals surface area contributed by atoms with Crippen molar-refractivity contribution < 1.29 is 9.47 Å². The van der Waals surface area contributed by atoms with Crippen LogP contribution in [0.4, 0.5) is 0 Å². The zero-order valence-corrected chi connectivity index (χ0v) is 14.0. The third-order valence-corrected chi connectivity index (χ3v) is 1.75. The molecule has 62 valence electrons. The van der Waals surface area contributed by atoms with Crippen LogP contribution in [0, 0.1) is 5.92 Å². The third-order valence-electron chi connectivity index (χ3n) is 1.75. The van der Waals surface area contributed by atoms with Crippen LogP contribution in [0.2, 0.25) is 0 Å². The van der Waals surface area contributed by atoms with Gasteiger partial charge in [-0.1, -0.05) is 20.1 Å². The molecule has 0 N–H and O–H groups in total. The molecule has 1 heterocycles. The molecule has 0 aromatic rings. The minimum Gasteiger partial charge on any atom is -0.382 e. The molecule has 0 unspecified atom stereocenters. The molecule has 0 aromatic carbocycles. The minimum atomic E-state index is -0.362. The monoisotopic (exact) mass is 410 g/mol. The van der Waals surface area contributed by atoms with Gasteiger partial charge in [0.2, 0.25) is 0 Å². The number of hydrogen-bond donors (Lipinski definition) is 0. The van der Waals surface area contributed by atoms with Gasteiger partial charge in [-0.3, -0.25) is 5.92 Å². The van der Waals surface area contributed by atoms with Crippen molar-refractivity contribution in [3.8, 4) is 0 Å². The van der Waals surface area contributed by atoms with Gasteiger partial charge >= 0.3 is 0 Å². The smallest absolute Gasteiger partial charge is 0.156 e. The summed E-state index contributed by atoms with van der Waals surface area (Å²) in [7, 11) is 0. The molecular weight excluding hydrogens is 395 g/mol. The maximum atomic E-state index is 5.41. The average molecular weight is 410 g/mol. The Labute approximate surface area is 62.5 Å². The van der Waals surface area contributed by atoms with E-state index in [0.717, 1.165) is 19.6 Å². The van der Waals surface area contributed by atoms with Crippen molar-refractivity contribution in [3.63, 3.8) is 0 Å². The zero-order chi connectivity index (χ0) is 7.61. The van der Waals surface area contributed by atoms with Gasteiger partial charge < -0.3 is 9.47 Å². The first kappa shape index (κ1) is 9.92. The van der Waals surface area contributed by atoms with Gasteiger partial charge in [0.05, 0.1) is 0 Å². The summed E-state index contributed by atoms with van der Waals surface area (Å²) in [5.74, 6) is 0.984. The molecule has 1 aliphatic heterocycles. The topological polar surface area (TPSA) is 18.5 Å². The molecule has 0 aromatic heterocycles. The standard InChI is InChI=1S/C8H15O2.Rf/c1-4-7-5-9-8(2,3)10-6-7;/h4-6H2,1-3H3;/q-1;. The molecule has 0 amide bonds. The fourth-order valence-corrected chi connectivity index (χ4v) is 0.839. The van der Waals surface area contributed by atoms with E-state index in [1.165, 1.54) is 5.92 Å². The molecule has 0 atom stereocenters. The van der Waals surface area contributed by atoms with Crippen LogP contribution in [0.15, 0.2) is 0 Å². The summed E-state index contributed by atoms with van der Waals surface area (Å²) in [6.45, 7) is 7.55. The maximum Gasteiger partial charge on any atom is 0.156 e. The fraction of sp³-hybridized carbons (Fsp3) is 0.875. The van der Waals surface area contributed by atoms with Crippen LogP contribution in [0.25, 0.3) is 0 Å². The number of rotatable bonds is 1. The molecule has 2 nitrogen and oxygen atoms in total. The summed E-state index contributed by atoms with van der Waals surface area (Å²) in [6.07, 6.45) is 1.07. The Morgan fingerprint density at radius 3 is 2.09 bits per heavy atom. The van der Waals surface area contributed by atoms with E-state index in [9.17, 15) is 0 Å². The molecule has 1 rings (SSSR count). The van der Waals surface area contributed by atoms with Crippen LogP contribution in [0.5, 0.6) is 0 Å². The van der Waals surface area contributed by atoms with Gasteiger partial charge in [0.25, 0.3) is 0 Å². The normalized spacial score (nSPS) is 24.3. The summed E-state index contributed by atoms with van der Waals surface area (Å²) >= 11 is 0. The predicted octanol–water partition coefficient (Wildman–Crippen LogP) is 1.75. The van der Waals surface area contributed by atoms with Crippen molar-refractivity contribution in [1.29, 1.82) is 0 Å². The fourth-order valence-electron chi connectivity index (χ4n) is 0.839. The van der Waals surface area contributed by atoms with Gasteiger partial charge in [-0.15, -0.1) is 0 Å². The van der Waals surface area contributed by atoms with Crippen molar-refractivity contribution >= 4 is 0 Å². The predicted molar refractivity (Wildman–Crippen MR) is 39.5 cm³/mol. The Balaban J connectivity index is 0.000001000. The van der Waals surface area contributed by atoms with Gasteiger partial charge in [0.15, 0.2) is 5.79 Å². The first-order valence-corrected chi connectivity index (χ1v) is 3.75. The van der Waals surface area contributed by atoms with E-state index < -0.39 is 0 Å². The molecule has 1 saturated heterocycles. The SMILES string of the molecule is CC[C-]1COC(C)(C)OC1.[Rf]. The quantitative estimate of drug-likeness (QED) is 0.614. The van der Waals surface area contributed by atoms with Gasteiger partial charge in [0.1, 0.15) is 0 Å². The van der Waals surface area contributed by atoms with Crippen LogP contribution in [-0.2, 0) is 9.47 Å². The van der Waals surface area contributed by atoms with Gasteiger partial charge in [-0.2, -0.15) is 6.42 Å². The molecule has 0 aliphatic carbocycles. The van der Waals surface area contributed by atoms with Crippen LogP contribution < -0.4 is 0 Å². The van der Waals surface area contributed by atoms with E-state index in [0.29, 0.717) is 0 Å². The van der Waals surface area contributed by atoms with Crippen LogP contribution in [-0.4, -0.2) is 19.0 Å². The Kier molecular flexibility index (Phi) is 3.02. The summed E-state index contributed by atoms with van der Waals surface area (Å²) in [4.78, 5) is 0. The summed E-state index contributed by atoms with van der Waals surface area (Å²) in [5, 5.41) is 0. The van der Waals surface area contributed by atoms with Crippen molar-refractivity contribution in [2.75, 3.05) is 13.2 Å². The molecular formula is C8H15O2Rf-. The largest absolute Gasteiger partial charge is 0.382 e. The van der Waals surface area contributed by atoms with Crippen molar-refractivity contribution in [1.82, 2.24) is 0 Å². The van der Waals surface area contributed by atoms with E-state index in [4.69, 9.17) is 9.47 Å². The van der Waals surface area contributed by atoms with Crippen LogP contribution in [0.3, 0.4) is 0 Å². The molecule has 1 aliphatic rings. The molecule has 0 spiro atoms. The van der Waals surface area contributed by atoms with E-state index in [1.807, 2.05) is 13.8 Å². The molecule has 0 bridgehead atoms. The summed E-state index contributed by atoms with van der Waals surface area (Å²) in [6, 6.07) is 0. The van der Waals surface area contributed by atoms with Crippen molar-refractivity contribution in [3.05, 3.63) is 5.92 Å². The average Bonchev–Trinajstić information content (AvgIpc) is 1.88. The van der Waals surface area contributed by atoms with Gasteiger partial charge in [-0.25, -0.2) is 0 Å². The summed E-state index contributed by atoms with van der Waals surface area (Å²) in [5.41, 5.74) is 0. The molecule has 11 heavy (non-hydrogen) atoms. The van der Waals surface area contributed by atoms with Crippen LogP contribution in [0.1, 0.15) is 27.2 Å². The third kappa shape index (κ3) is 2.56. The molecule has 3 heteroatoms. The number of hydrogen-bond acceptors (Lipinski definition) is 2. The van der Waals surface area contributed by atoms with E-state index in [1.54, 1.807) is 0 Å². The first-order valence-electron chi connectivity index (χ1n) is 3.75. The molecule has 0 radical (unpaired) electrons. The van der Waals surface area contributed by atoms with Crippen LogP contribution >= 0.6 is 0 Å². The van der Waals surface area contributed by atoms with E-state index in [-0.39, 0.29) is 5.79 Å².